The molecule has 0 aliphatic rings. The quantitative estimate of drug-likeness (QED) is 0.622. The molecule has 0 saturated carbocycles. The Labute approximate surface area is 169 Å². The van der Waals surface area contributed by atoms with Crippen LogP contribution in [0.25, 0.3) is 11.1 Å². The molecule has 3 aromatic rings. The molecule has 0 fully saturated rings. The molecule has 2 N–H and O–H groups in total. The van der Waals surface area contributed by atoms with Crippen LogP contribution in [0.4, 0.5) is 5.69 Å². The normalized spacial score (nSPS) is 11.1. The van der Waals surface area contributed by atoms with Crippen molar-refractivity contribution in [1.29, 1.82) is 0 Å². The minimum Gasteiger partial charge on any atom is -0.481 e. The Morgan fingerprint density at radius 2 is 1.62 bits per heavy atom. The van der Waals surface area contributed by atoms with Crippen LogP contribution in [0.1, 0.15) is 12.5 Å². The van der Waals surface area contributed by atoms with Crippen molar-refractivity contribution in [2.75, 3.05) is 12.4 Å². The number of methoxy groups -OCH3 is 1. The molecule has 3 rings (SSSR count). The minimum atomic E-state index is -3.66. The number of rotatable bonds is 7. The summed E-state index contributed by atoms with van der Waals surface area (Å²) in [7, 11) is -2.15. The van der Waals surface area contributed by atoms with Gasteiger partial charge in [-0.3, -0.25) is 4.79 Å². The molecule has 1 heterocycles. The first-order valence-corrected chi connectivity index (χ1v) is 10.3. The Kier molecular flexibility index (Phi) is 6.26. The number of amides is 1. The Hall–Kier alpha value is -3.23. The number of nitrogens with one attached hydrogen (secondary N) is 2. The predicted octanol–water partition coefficient (Wildman–Crippen LogP) is 3.19. The number of aromatic nitrogens is 1. The second-order valence-corrected chi connectivity index (χ2v) is 8.08. The molecule has 2 aromatic carbocycles. The van der Waals surface area contributed by atoms with Crippen molar-refractivity contribution in [3.8, 4) is 17.0 Å². The van der Waals surface area contributed by atoms with Crippen molar-refractivity contribution in [3.63, 3.8) is 0 Å². The van der Waals surface area contributed by atoms with Crippen LogP contribution in [0.5, 0.6) is 5.88 Å². The zero-order valence-electron chi connectivity index (χ0n) is 16.0. The fraction of sp³-hybridized carbons (Fsp3) is 0.143. The highest BCUT2D eigenvalue weighted by Crippen LogP contribution is 2.23. The summed E-state index contributed by atoms with van der Waals surface area (Å²) in [5, 5.41) is 2.71. The van der Waals surface area contributed by atoms with Gasteiger partial charge in [0.05, 0.1) is 12.0 Å². The summed E-state index contributed by atoms with van der Waals surface area (Å²) in [4.78, 5) is 15.3. The first kappa shape index (κ1) is 20.5. The van der Waals surface area contributed by atoms with Gasteiger partial charge in [-0.1, -0.05) is 24.3 Å². The number of ether oxygens (including phenoxy) is 1. The van der Waals surface area contributed by atoms with Crippen LogP contribution in [0, 0.1) is 0 Å². The highest BCUT2D eigenvalue weighted by atomic mass is 32.2. The molecular formula is C21H21N3O4S. The van der Waals surface area contributed by atoms with Crippen LogP contribution in [-0.4, -0.2) is 26.4 Å². The molecule has 7 nitrogen and oxygen atoms in total. The SMILES string of the molecule is COc1cc(CNS(=O)(=O)c2ccc(-c3ccc(NC(C)=O)cc3)cc2)ccn1. The summed E-state index contributed by atoms with van der Waals surface area (Å²) in [6.07, 6.45) is 1.56. The molecule has 8 heteroatoms. The summed E-state index contributed by atoms with van der Waals surface area (Å²) in [6.45, 7) is 1.58. The van der Waals surface area contributed by atoms with Gasteiger partial charge >= 0.3 is 0 Å². The molecule has 150 valence electrons. The number of hydrogen-bond acceptors (Lipinski definition) is 5. The molecule has 0 spiro atoms. The summed E-state index contributed by atoms with van der Waals surface area (Å²) < 4.78 is 32.7. The van der Waals surface area contributed by atoms with E-state index >= 15 is 0 Å². The van der Waals surface area contributed by atoms with E-state index in [1.54, 1.807) is 54.7 Å². The van der Waals surface area contributed by atoms with Crippen molar-refractivity contribution in [2.24, 2.45) is 0 Å². The highest BCUT2D eigenvalue weighted by molar-refractivity contribution is 7.89. The number of nitrogens with zero attached hydrogens (tertiary/aromatic N) is 1. The Bertz CT molecular complexity index is 1100. The third-order valence-corrected chi connectivity index (χ3v) is 5.60. The van der Waals surface area contributed by atoms with E-state index in [1.807, 2.05) is 12.1 Å². The van der Waals surface area contributed by atoms with Gasteiger partial charge in [0.25, 0.3) is 0 Å². The number of sulfonamides is 1. The fourth-order valence-electron chi connectivity index (χ4n) is 2.71. The molecule has 0 bridgehead atoms. The standard InChI is InChI=1S/C21H21N3O4S/c1-15(25)24-19-7-3-17(4-8-19)18-5-9-20(10-6-18)29(26,27)23-14-16-11-12-22-21(13-16)28-2/h3-13,23H,14H2,1-2H3,(H,24,25). The Balaban J connectivity index is 1.70. The molecule has 0 aliphatic carbocycles. The molecule has 0 saturated heterocycles. The number of pyridine rings is 1. The number of benzene rings is 2. The number of carbonyl (C=O) groups is 1. The highest BCUT2D eigenvalue weighted by Gasteiger charge is 2.14. The van der Waals surface area contributed by atoms with E-state index in [2.05, 4.69) is 15.0 Å². The van der Waals surface area contributed by atoms with E-state index in [1.165, 1.54) is 14.0 Å². The molecule has 0 unspecified atom stereocenters. The van der Waals surface area contributed by atoms with Crippen LogP contribution in [-0.2, 0) is 21.4 Å². The van der Waals surface area contributed by atoms with Crippen LogP contribution in [0.3, 0.4) is 0 Å². The van der Waals surface area contributed by atoms with Gasteiger partial charge in [-0.15, -0.1) is 0 Å². The van der Waals surface area contributed by atoms with Gasteiger partial charge in [0.1, 0.15) is 0 Å². The van der Waals surface area contributed by atoms with Crippen LogP contribution in [0.15, 0.2) is 71.8 Å². The Morgan fingerprint density at radius 3 is 2.21 bits per heavy atom. The van der Waals surface area contributed by atoms with Gasteiger partial charge in [0.15, 0.2) is 0 Å². The largest absolute Gasteiger partial charge is 0.481 e. The Morgan fingerprint density at radius 1 is 1.00 bits per heavy atom. The van der Waals surface area contributed by atoms with Gasteiger partial charge in [0, 0.05) is 31.4 Å². The lowest BCUT2D eigenvalue weighted by molar-refractivity contribution is -0.114. The van der Waals surface area contributed by atoms with E-state index in [9.17, 15) is 13.2 Å². The fourth-order valence-corrected chi connectivity index (χ4v) is 3.73. The lowest BCUT2D eigenvalue weighted by Gasteiger charge is -2.09. The number of hydrogen-bond donors (Lipinski definition) is 2. The third kappa shape index (κ3) is 5.40. The summed E-state index contributed by atoms with van der Waals surface area (Å²) >= 11 is 0. The van der Waals surface area contributed by atoms with Gasteiger partial charge < -0.3 is 10.1 Å². The first-order chi connectivity index (χ1) is 13.9. The van der Waals surface area contributed by atoms with E-state index in [0.29, 0.717) is 11.6 Å². The van der Waals surface area contributed by atoms with Crippen molar-refractivity contribution < 1.29 is 17.9 Å². The predicted molar refractivity (Wildman–Crippen MR) is 111 cm³/mol. The van der Waals surface area contributed by atoms with Crippen molar-refractivity contribution in [1.82, 2.24) is 9.71 Å². The molecule has 0 radical (unpaired) electrons. The van der Waals surface area contributed by atoms with E-state index in [0.717, 1.165) is 16.7 Å². The summed E-state index contributed by atoms with van der Waals surface area (Å²) in [6, 6.07) is 17.3. The topological polar surface area (TPSA) is 97.4 Å². The maximum Gasteiger partial charge on any atom is 0.240 e. The molecule has 0 aliphatic heterocycles. The maximum absolute atomic E-state index is 12.6. The zero-order chi connectivity index (χ0) is 20.9. The maximum atomic E-state index is 12.6. The van der Waals surface area contributed by atoms with Gasteiger partial charge in [-0.25, -0.2) is 18.1 Å². The van der Waals surface area contributed by atoms with Crippen LogP contribution >= 0.6 is 0 Å². The van der Waals surface area contributed by atoms with E-state index in [4.69, 9.17) is 4.74 Å². The van der Waals surface area contributed by atoms with Gasteiger partial charge in [-0.2, -0.15) is 0 Å². The van der Waals surface area contributed by atoms with Crippen molar-refractivity contribution >= 4 is 21.6 Å². The smallest absolute Gasteiger partial charge is 0.240 e. The number of anilines is 1. The summed E-state index contributed by atoms with van der Waals surface area (Å²) in [5.41, 5.74) is 3.24. The molecule has 1 aromatic heterocycles. The second-order valence-electron chi connectivity index (χ2n) is 6.31. The van der Waals surface area contributed by atoms with Crippen LogP contribution in [0.2, 0.25) is 0 Å². The second kappa shape index (κ2) is 8.85. The lowest BCUT2D eigenvalue weighted by Crippen LogP contribution is -2.23. The lowest BCUT2D eigenvalue weighted by atomic mass is 10.1. The van der Waals surface area contributed by atoms with Crippen molar-refractivity contribution in [2.45, 2.75) is 18.4 Å². The minimum absolute atomic E-state index is 0.133. The monoisotopic (exact) mass is 411 g/mol. The molecular weight excluding hydrogens is 390 g/mol. The average Bonchev–Trinajstić information content (AvgIpc) is 2.73. The average molecular weight is 411 g/mol. The molecule has 29 heavy (non-hydrogen) atoms. The molecule has 1 amide bonds. The van der Waals surface area contributed by atoms with Crippen LogP contribution < -0.4 is 14.8 Å². The zero-order valence-corrected chi connectivity index (χ0v) is 16.9. The van der Waals surface area contributed by atoms with Crippen molar-refractivity contribution in [3.05, 3.63) is 72.4 Å². The summed E-state index contributed by atoms with van der Waals surface area (Å²) in [5.74, 6) is 0.292. The first-order valence-electron chi connectivity index (χ1n) is 8.84. The van der Waals surface area contributed by atoms with E-state index in [-0.39, 0.29) is 17.3 Å². The van der Waals surface area contributed by atoms with Gasteiger partial charge in [-0.05, 0) is 47.0 Å². The number of carbonyl (C=O) groups excluding carboxylic acids is 1. The van der Waals surface area contributed by atoms with E-state index < -0.39 is 10.0 Å². The molecule has 0 atom stereocenters. The van der Waals surface area contributed by atoms with Gasteiger partial charge in [0.2, 0.25) is 21.8 Å². The third-order valence-electron chi connectivity index (χ3n) is 4.18.